The van der Waals surface area contributed by atoms with Crippen LogP contribution in [0.3, 0.4) is 0 Å². The fourth-order valence-electron chi connectivity index (χ4n) is 1.89. The molecule has 0 aliphatic heterocycles. The van der Waals surface area contributed by atoms with Crippen LogP contribution < -0.4 is 5.32 Å². The van der Waals surface area contributed by atoms with Crippen molar-refractivity contribution < 1.29 is 0 Å². The summed E-state index contributed by atoms with van der Waals surface area (Å²) in [4.78, 5) is 0. The SMILES string of the molecule is CNCC1CC1c1ccccc1Br. The van der Waals surface area contributed by atoms with Gasteiger partial charge < -0.3 is 5.32 Å². The van der Waals surface area contributed by atoms with Crippen molar-refractivity contribution in [2.45, 2.75) is 12.3 Å². The quantitative estimate of drug-likeness (QED) is 0.856. The summed E-state index contributed by atoms with van der Waals surface area (Å²) in [6, 6.07) is 8.55. The molecule has 0 radical (unpaired) electrons. The van der Waals surface area contributed by atoms with E-state index in [1.165, 1.54) is 16.5 Å². The third-order valence-corrected chi connectivity index (χ3v) is 3.42. The minimum Gasteiger partial charge on any atom is -0.319 e. The minimum absolute atomic E-state index is 0.781. The van der Waals surface area contributed by atoms with E-state index < -0.39 is 0 Å². The van der Waals surface area contributed by atoms with Crippen LogP contribution in [-0.2, 0) is 0 Å². The molecule has 1 aromatic rings. The molecule has 0 saturated heterocycles. The van der Waals surface area contributed by atoms with E-state index in [-0.39, 0.29) is 0 Å². The lowest BCUT2D eigenvalue weighted by Gasteiger charge is -2.02. The molecule has 1 aliphatic rings. The van der Waals surface area contributed by atoms with E-state index in [2.05, 4.69) is 45.5 Å². The number of hydrogen-bond donors (Lipinski definition) is 1. The zero-order chi connectivity index (χ0) is 9.26. The molecule has 2 unspecified atom stereocenters. The summed E-state index contributed by atoms with van der Waals surface area (Å²) >= 11 is 3.60. The maximum atomic E-state index is 3.60. The molecule has 70 valence electrons. The normalized spacial score (nSPS) is 26.0. The minimum atomic E-state index is 0.781. The Balaban J connectivity index is 2.07. The van der Waals surface area contributed by atoms with Gasteiger partial charge in [-0.1, -0.05) is 34.1 Å². The molecule has 2 rings (SSSR count). The van der Waals surface area contributed by atoms with Crippen molar-refractivity contribution in [2.75, 3.05) is 13.6 Å². The highest BCUT2D eigenvalue weighted by Gasteiger charge is 2.38. The van der Waals surface area contributed by atoms with Crippen molar-refractivity contribution in [3.63, 3.8) is 0 Å². The molecule has 0 spiro atoms. The van der Waals surface area contributed by atoms with Crippen LogP contribution in [0, 0.1) is 5.92 Å². The van der Waals surface area contributed by atoms with Crippen LogP contribution in [-0.4, -0.2) is 13.6 Å². The molecule has 1 fully saturated rings. The molecule has 0 bridgehead atoms. The summed E-state index contributed by atoms with van der Waals surface area (Å²) in [5, 5.41) is 3.23. The molecule has 1 saturated carbocycles. The van der Waals surface area contributed by atoms with Gasteiger partial charge in [-0.3, -0.25) is 0 Å². The zero-order valence-corrected chi connectivity index (χ0v) is 9.34. The van der Waals surface area contributed by atoms with Crippen LogP contribution in [0.4, 0.5) is 0 Å². The second-order valence-electron chi connectivity index (χ2n) is 3.68. The van der Waals surface area contributed by atoms with E-state index in [0.717, 1.165) is 18.4 Å². The van der Waals surface area contributed by atoms with Crippen LogP contribution in [0.2, 0.25) is 0 Å². The Labute approximate surface area is 87.7 Å². The van der Waals surface area contributed by atoms with Gasteiger partial charge in [-0.2, -0.15) is 0 Å². The summed E-state index contributed by atoms with van der Waals surface area (Å²) < 4.78 is 1.26. The Bertz CT molecular complexity index is 298. The predicted octanol–water partition coefficient (Wildman–Crippen LogP) is 2.77. The van der Waals surface area contributed by atoms with Crippen molar-refractivity contribution in [1.82, 2.24) is 5.32 Å². The predicted molar refractivity (Wildman–Crippen MR) is 58.9 cm³/mol. The Kier molecular flexibility index (Phi) is 2.70. The first-order chi connectivity index (χ1) is 6.33. The molecule has 13 heavy (non-hydrogen) atoms. The molecule has 0 aromatic heterocycles. The summed E-state index contributed by atoms with van der Waals surface area (Å²) in [5.41, 5.74) is 1.47. The Hall–Kier alpha value is -0.340. The fraction of sp³-hybridized carbons (Fsp3) is 0.455. The molecular formula is C11H14BrN. The van der Waals surface area contributed by atoms with E-state index in [9.17, 15) is 0 Å². The number of rotatable bonds is 3. The zero-order valence-electron chi connectivity index (χ0n) is 7.76. The van der Waals surface area contributed by atoms with E-state index in [0.29, 0.717) is 0 Å². The number of benzene rings is 1. The topological polar surface area (TPSA) is 12.0 Å². The van der Waals surface area contributed by atoms with Crippen LogP contribution in [0.5, 0.6) is 0 Å². The van der Waals surface area contributed by atoms with Gasteiger partial charge in [-0.05, 0) is 43.5 Å². The summed E-state index contributed by atoms with van der Waals surface area (Å²) in [5.74, 6) is 1.63. The summed E-state index contributed by atoms with van der Waals surface area (Å²) in [7, 11) is 2.02. The maximum Gasteiger partial charge on any atom is 0.0210 e. The molecule has 0 amide bonds. The van der Waals surface area contributed by atoms with Gasteiger partial charge in [-0.25, -0.2) is 0 Å². The van der Waals surface area contributed by atoms with Gasteiger partial charge in [0.1, 0.15) is 0 Å². The maximum absolute atomic E-state index is 3.60. The number of nitrogens with one attached hydrogen (secondary N) is 1. The Morgan fingerprint density at radius 2 is 2.23 bits per heavy atom. The molecule has 1 aromatic carbocycles. The second kappa shape index (κ2) is 3.81. The first kappa shape index (κ1) is 9.22. The van der Waals surface area contributed by atoms with Gasteiger partial charge in [0.15, 0.2) is 0 Å². The lowest BCUT2D eigenvalue weighted by Crippen LogP contribution is -2.10. The Morgan fingerprint density at radius 3 is 2.92 bits per heavy atom. The van der Waals surface area contributed by atoms with Crippen LogP contribution in [0.25, 0.3) is 0 Å². The summed E-state index contributed by atoms with van der Waals surface area (Å²) in [6.07, 6.45) is 1.34. The Morgan fingerprint density at radius 1 is 1.46 bits per heavy atom. The van der Waals surface area contributed by atoms with Crippen molar-refractivity contribution in [1.29, 1.82) is 0 Å². The molecule has 1 N–H and O–H groups in total. The molecule has 1 aliphatic carbocycles. The largest absolute Gasteiger partial charge is 0.319 e. The average molecular weight is 240 g/mol. The molecule has 2 heteroatoms. The molecule has 2 atom stereocenters. The monoisotopic (exact) mass is 239 g/mol. The van der Waals surface area contributed by atoms with Crippen LogP contribution >= 0.6 is 15.9 Å². The molecule has 0 heterocycles. The van der Waals surface area contributed by atoms with Crippen molar-refractivity contribution in [3.05, 3.63) is 34.3 Å². The van der Waals surface area contributed by atoms with E-state index in [4.69, 9.17) is 0 Å². The van der Waals surface area contributed by atoms with E-state index >= 15 is 0 Å². The average Bonchev–Trinajstić information content (AvgIpc) is 2.86. The van der Waals surface area contributed by atoms with Gasteiger partial charge in [0, 0.05) is 4.47 Å². The lowest BCUT2D eigenvalue weighted by molar-refractivity contribution is 0.697. The van der Waals surface area contributed by atoms with E-state index in [1.54, 1.807) is 0 Å². The highest BCUT2D eigenvalue weighted by atomic mass is 79.9. The first-order valence-electron chi connectivity index (χ1n) is 4.72. The fourth-order valence-corrected chi connectivity index (χ4v) is 2.47. The van der Waals surface area contributed by atoms with Crippen molar-refractivity contribution in [3.8, 4) is 0 Å². The van der Waals surface area contributed by atoms with Gasteiger partial charge in [0.25, 0.3) is 0 Å². The number of halogens is 1. The third kappa shape index (κ3) is 1.94. The van der Waals surface area contributed by atoms with Crippen molar-refractivity contribution >= 4 is 15.9 Å². The standard InChI is InChI=1S/C11H14BrN/c1-13-7-8-6-10(8)9-4-2-3-5-11(9)12/h2-5,8,10,13H,6-7H2,1H3. The van der Waals surface area contributed by atoms with Gasteiger partial charge in [0.2, 0.25) is 0 Å². The summed E-state index contributed by atoms with van der Waals surface area (Å²) in [6.45, 7) is 1.14. The lowest BCUT2D eigenvalue weighted by atomic mass is 10.1. The van der Waals surface area contributed by atoms with E-state index in [1.807, 2.05) is 7.05 Å². The number of hydrogen-bond acceptors (Lipinski definition) is 1. The third-order valence-electron chi connectivity index (χ3n) is 2.69. The van der Waals surface area contributed by atoms with Gasteiger partial charge in [-0.15, -0.1) is 0 Å². The van der Waals surface area contributed by atoms with Crippen molar-refractivity contribution in [2.24, 2.45) is 5.92 Å². The van der Waals surface area contributed by atoms with Crippen LogP contribution in [0.1, 0.15) is 17.9 Å². The highest BCUT2D eigenvalue weighted by Crippen LogP contribution is 2.48. The molecule has 1 nitrogen and oxygen atoms in total. The second-order valence-corrected chi connectivity index (χ2v) is 4.54. The van der Waals surface area contributed by atoms with Crippen LogP contribution in [0.15, 0.2) is 28.7 Å². The molecular weight excluding hydrogens is 226 g/mol. The van der Waals surface area contributed by atoms with Gasteiger partial charge in [0.05, 0.1) is 0 Å². The first-order valence-corrected chi connectivity index (χ1v) is 5.51. The van der Waals surface area contributed by atoms with Gasteiger partial charge >= 0.3 is 0 Å². The highest BCUT2D eigenvalue weighted by molar-refractivity contribution is 9.10. The smallest absolute Gasteiger partial charge is 0.0210 e.